The minimum absolute atomic E-state index is 0.0793. The van der Waals surface area contributed by atoms with Crippen molar-refractivity contribution in [2.75, 3.05) is 13.1 Å². The van der Waals surface area contributed by atoms with Crippen molar-refractivity contribution in [2.24, 2.45) is 0 Å². The van der Waals surface area contributed by atoms with E-state index in [-0.39, 0.29) is 12.0 Å². The van der Waals surface area contributed by atoms with Gasteiger partial charge in [-0.1, -0.05) is 29.8 Å². The van der Waals surface area contributed by atoms with Gasteiger partial charge in [-0.3, -0.25) is 9.78 Å². The molecule has 1 aromatic carbocycles. The first-order valence-corrected chi connectivity index (χ1v) is 7.11. The van der Waals surface area contributed by atoms with Crippen molar-refractivity contribution in [1.82, 2.24) is 9.88 Å². The molecule has 1 saturated heterocycles. The normalized spacial score (nSPS) is 14.6. The van der Waals surface area contributed by atoms with E-state index in [4.69, 9.17) is 4.74 Å². The fourth-order valence-corrected chi connectivity index (χ4v) is 2.43. The van der Waals surface area contributed by atoms with Gasteiger partial charge in [0.25, 0.3) is 0 Å². The van der Waals surface area contributed by atoms with Gasteiger partial charge in [0.2, 0.25) is 5.91 Å². The number of hydrogen-bond donors (Lipinski definition) is 0. The van der Waals surface area contributed by atoms with Crippen molar-refractivity contribution in [1.29, 1.82) is 0 Å². The standard InChI is InChI=1S/C17H18N2O2/c1-13-4-2-5-14(8-13)9-17(20)19-11-16(12-19)21-15-6-3-7-18-10-15/h2-8,10,16H,9,11-12H2,1H3. The third kappa shape index (κ3) is 3.40. The zero-order chi connectivity index (χ0) is 14.7. The van der Waals surface area contributed by atoms with Gasteiger partial charge in [-0.25, -0.2) is 0 Å². The summed E-state index contributed by atoms with van der Waals surface area (Å²) in [6, 6.07) is 11.8. The summed E-state index contributed by atoms with van der Waals surface area (Å²) < 4.78 is 5.74. The van der Waals surface area contributed by atoms with Crippen molar-refractivity contribution in [3.05, 3.63) is 59.9 Å². The summed E-state index contributed by atoms with van der Waals surface area (Å²) in [5, 5.41) is 0. The molecule has 2 aromatic rings. The molecule has 0 atom stereocenters. The molecule has 1 fully saturated rings. The Kier molecular flexibility index (Phi) is 3.86. The van der Waals surface area contributed by atoms with E-state index >= 15 is 0 Å². The number of nitrogens with zero attached hydrogens (tertiary/aromatic N) is 2. The van der Waals surface area contributed by atoms with Crippen LogP contribution >= 0.6 is 0 Å². The third-order valence-electron chi connectivity index (χ3n) is 3.58. The first-order valence-electron chi connectivity index (χ1n) is 7.11. The lowest BCUT2D eigenvalue weighted by Crippen LogP contribution is -2.56. The second-order valence-corrected chi connectivity index (χ2v) is 5.39. The van der Waals surface area contributed by atoms with E-state index in [1.165, 1.54) is 5.56 Å². The molecule has 0 radical (unpaired) electrons. The van der Waals surface area contributed by atoms with Crippen LogP contribution in [-0.4, -0.2) is 35.0 Å². The highest BCUT2D eigenvalue weighted by molar-refractivity contribution is 5.79. The zero-order valence-electron chi connectivity index (χ0n) is 12.0. The number of hydrogen-bond acceptors (Lipinski definition) is 3. The van der Waals surface area contributed by atoms with Crippen LogP contribution in [0.3, 0.4) is 0 Å². The Morgan fingerprint density at radius 2 is 2.19 bits per heavy atom. The number of benzene rings is 1. The van der Waals surface area contributed by atoms with Gasteiger partial charge >= 0.3 is 0 Å². The minimum atomic E-state index is 0.0793. The maximum Gasteiger partial charge on any atom is 0.227 e. The van der Waals surface area contributed by atoms with Gasteiger partial charge in [-0.15, -0.1) is 0 Å². The summed E-state index contributed by atoms with van der Waals surface area (Å²) in [6.07, 6.45) is 3.94. The molecule has 0 N–H and O–H groups in total. The average Bonchev–Trinajstić information content (AvgIpc) is 2.43. The number of likely N-dealkylation sites (tertiary alicyclic amines) is 1. The lowest BCUT2D eigenvalue weighted by Gasteiger charge is -2.39. The molecule has 2 heterocycles. The number of amides is 1. The van der Waals surface area contributed by atoms with E-state index in [0.29, 0.717) is 19.5 Å². The number of pyridine rings is 1. The van der Waals surface area contributed by atoms with Crippen LogP contribution in [0, 0.1) is 6.92 Å². The Hall–Kier alpha value is -2.36. The smallest absolute Gasteiger partial charge is 0.227 e. The molecule has 1 aliphatic heterocycles. The highest BCUT2D eigenvalue weighted by Gasteiger charge is 2.32. The molecule has 0 bridgehead atoms. The van der Waals surface area contributed by atoms with Crippen LogP contribution in [0.5, 0.6) is 5.75 Å². The van der Waals surface area contributed by atoms with E-state index in [1.54, 1.807) is 12.4 Å². The average molecular weight is 282 g/mol. The summed E-state index contributed by atoms with van der Waals surface area (Å²) in [6.45, 7) is 3.34. The van der Waals surface area contributed by atoms with Crippen LogP contribution < -0.4 is 4.74 Å². The van der Waals surface area contributed by atoms with Gasteiger partial charge in [-0.05, 0) is 24.6 Å². The molecule has 1 amide bonds. The van der Waals surface area contributed by atoms with E-state index in [0.717, 1.165) is 11.3 Å². The van der Waals surface area contributed by atoms with Crippen molar-refractivity contribution < 1.29 is 9.53 Å². The zero-order valence-corrected chi connectivity index (χ0v) is 12.0. The van der Waals surface area contributed by atoms with Crippen molar-refractivity contribution >= 4 is 5.91 Å². The molecule has 0 aliphatic carbocycles. The predicted octanol–water partition coefficient (Wildman–Crippen LogP) is 2.22. The van der Waals surface area contributed by atoms with Crippen LogP contribution in [0.1, 0.15) is 11.1 Å². The molecule has 4 heteroatoms. The van der Waals surface area contributed by atoms with Gasteiger partial charge in [0.15, 0.2) is 0 Å². The fourth-order valence-electron chi connectivity index (χ4n) is 2.43. The summed E-state index contributed by atoms with van der Waals surface area (Å²) in [5.74, 6) is 0.917. The number of ether oxygens (including phenoxy) is 1. The van der Waals surface area contributed by atoms with E-state index in [9.17, 15) is 4.79 Å². The van der Waals surface area contributed by atoms with Gasteiger partial charge in [-0.2, -0.15) is 0 Å². The molecule has 0 spiro atoms. The molecule has 0 unspecified atom stereocenters. The van der Waals surface area contributed by atoms with E-state index in [2.05, 4.69) is 11.1 Å². The molecule has 1 aromatic heterocycles. The number of rotatable bonds is 4. The highest BCUT2D eigenvalue weighted by Crippen LogP contribution is 2.18. The van der Waals surface area contributed by atoms with E-state index in [1.807, 2.05) is 42.2 Å². The molecule has 0 saturated carbocycles. The maximum atomic E-state index is 12.2. The topological polar surface area (TPSA) is 42.4 Å². The third-order valence-corrected chi connectivity index (χ3v) is 3.58. The van der Waals surface area contributed by atoms with Gasteiger partial charge in [0.05, 0.1) is 25.7 Å². The first-order chi connectivity index (χ1) is 10.2. The number of aromatic nitrogens is 1. The first kappa shape index (κ1) is 13.6. The van der Waals surface area contributed by atoms with Crippen molar-refractivity contribution in [3.8, 4) is 5.75 Å². The predicted molar refractivity (Wildman–Crippen MR) is 80.1 cm³/mol. The Morgan fingerprint density at radius 1 is 1.33 bits per heavy atom. The lowest BCUT2D eigenvalue weighted by molar-refractivity contribution is -0.139. The Balaban J connectivity index is 1.48. The molecule has 1 aliphatic rings. The second-order valence-electron chi connectivity index (χ2n) is 5.39. The summed E-state index contributed by atoms with van der Waals surface area (Å²) in [5.41, 5.74) is 2.25. The molecule has 3 rings (SSSR count). The van der Waals surface area contributed by atoms with Crippen molar-refractivity contribution in [3.63, 3.8) is 0 Å². The molecular formula is C17H18N2O2. The Morgan fingerprint density at radius 3 is 2.90 bits per heavy atom. The summed E-state index contributed by atoms with van der Waals surface area (Å²) in [7, 11) is 0. The number of carbonyl (C=O) groups is 1. The largest absolute Gasteiger partial charge is 0.485 e. The highest BCUT2D eigenvalue weighted by atomic mass is 16.5. The Bertz CT molecular complexity index is 622. The van der Waals surface area contributed by atoms with Crippen LogP contribution in [0.15, 0.2) is 48.8 Å². The fraction of sp³-hybridized carbons (Fsp3) is 0.294. The van der Waals surface area contributed by atoms with Gasteiger partial charge < -0.3 is 9.64 Å². The van der Waals surface area contributed by atoms with E-state index < -0.39 is 0 Å². The van der Waals surface area contributed by atoms with Gasteiger partial charge in [0, 0.05) is 6.20 Å². The lowest BCUT2D eigenvalue weighted by atomic mass is 10.1. The number of aryl methyl sites for hydroxylation is 1. The minimum Gasteiger partial charge on any atom is -0.485 e. The SMILES string of the molecule is Cc1cccc(CC(=O)N2CC(Oc3cccnc3)C2)c1. The molecule has 108 valence electrons. The molecular weight excluding hydrogens is 264 g/mol. The Labute approximate surface area is 124 Å². The monoisotopic (exact) mass is 282 g/mol. The van der Waals surface area contributed by atoms with Gasteiger partial charge in [0.1, 0.15) is 11.9 Å². The van der Waals surface area contributed by atoms with Crippen LogP contribution in [-0.2, 0) is 11.2 Å². The molecule has 21 heavy (non-hydrogen) atoms. The number of carbonyl (C=O) groups excluding carboxylic acids is 1. The summed E-state index contributed by atoms with van der Waals surface area (Å²) in [4.78, 5) is 18.0. The van der Waals surface area contributed by atoms with Crippen LogP contribution in [0.2, 0.25) is 0 Å². The molecule has 4 nitrogen and oxygen atoms in total. The quantitative estimate of drug-likeness (QED) is 0.863. The van der Waals surface area contributed by atoms with Crippen LogP contribution in [0.25, 0.3) is 0 Å². The maximum absolute atomic E-state index is 12.2. The van der Waals surface area contributed by atoms with Crippen molar-refractivity contribution in [2.45, 2.75) is 19.4 Å². The second kappa shape index (κ2) is 5.95. The van der Waals surface area contributed by atoms with Crippen LogP contribution in [0.4, 0.5) is 0 Å². The summed E-state index contributed by atoms with van der Waals surface area (Å²) >= 11 is 0.